The number of ether oxygens (including phenoxy) is 2. The van der Waals surface area contributed by atoms with Gasteiger partial charge in [-0.1, -0.05) is 12.1 Å². The van der Waals surface area contributed by atoms with Crippen molar-refractivity contribution < 1.29 is 29.3 Å². The summed E-state index contributed by atoms with van der Waals surface area (Å²) in [4.78, 5) is 24.1. The van der Waals surface area contributed by atoms with Crippen molar-refractivity contribution in [1.82, 2.24) is 0 Å². The third kappa shape index (κ3) is 2.36. The molecule has 6 heteroatoms. The van der Waals surface area contributed by atoms with Gasteiger partial charge in [0.1, 0.15) is 34.7 Å². The number of fused-ring (bicyclic) bond motifs is 1. The van der Waals surface area contributed by atoms with Gasteiger partial charge in [0.05, 0.1) is 19.1 Å². The highest BCUT2D eigenvalue weighted by atomic mass is 16.5. The molecule has 24 heavy (non-hydrogen) atoms. The molecule has 6 nitrogen and oxygen atoms in total. The maximum atomic E-state index is 12.5. The van der Waals surface area contributed by atoms with Crippen molar-refractivity contribution in [2.45, 2.75) is 19.4 Å². The molecule has 1 aliphatic rings. The maximum Gasteiger partial charge on any atom is 0.174 e. The van der Waals surface area contributed by atoms with Crippen molar-refractivity contribution in [3.8, 4) is 23.0 Å². The molecule has 0 aromatic heterocycles. The predicted molar refractivity (Wildman–Crippen MR) is 85.2 cm³/mol. The van der Waals surface area contributed by atoms with E-state index in [-0.39, 0.29) is 46.3 Å². The van der Waals surface area contributed by atoms with E-state index in [1.807, 2.05) is 0 Å². The average molecular weight is 328 g/mol. The van der Waals surface area contributed by atoms with Crippen LogP contribution in [0.5, 0.6) is 23.0 Å². The minimum absolute atomic E-state index is 0.00587. The highest BCUT2D eigenvalue weighted by molar-refractivity contribution is 6.06. The molecule has 0 saturated carbocycles. The normalized spacial score (nSPS) is 16.2. The zero-order valence-corrected chi connectivity index (χ0v) is 13.2. The molecule has 0 fully saturated rings. The van der Waals surface area contributed by atoms with Gasteiger partial charge in [0.2, 0.25) is 0 Å². The van der Waals surface area contributed by atoms with Crippen LogP contribution in [0.3, 0.4) is 0 Å². The van der Waals surface area contributed by atoms with Gasteiger partial charge in [0.15, 0.2) is 12.1 Å². The molecule has 1 aliphatic heterocycles. The second-order valence-electron chi connectivity index (χ2n) is 5.57. The number of rotatable bonds is 3. The number of methoxy groups -OCH3 is 1. The lowest BCUT2D eigenvalue weighted by atomic mass is 9.91. The molecule has 0 bridgehead atoms. The minimum atomic E-state index is -0.664. The molecule has 0 spiro atoms. The predicted octanol–water partition coefficient (Wildman–Crippen LogP) is 2.93. The highest BCUT2D eigenvalue weighted by Crippen LogP contribution is 2.47. The van der Waals surface area contributed by atoms with E-state index >= 15 is 0 Å². The summed E-state index contributed by atoms with van der Waals surface area (Å²) in [6.07, 6.45) is -0.126. The van der Waals surface area contributed by atoms with Crippen molar-refractivity contribution in [3.05, 3.63) is 46.5 Å². The van der Waals surface area contributed by atoms with Crippen LogP contribution in [0.4, 0.5) is 0 Å². The number of carbonyl (C=O) groups is 2. The first-order valence-corrected chi connectivity index (χ1v) is 7.35. The Hall–Kier alpha value is -3.02. The van der Waals surface area contributed by atoms with Crippen LogP contribution in [-0.4, -0.2) is 29.4 Å². The molecular formula is C18H16O6. The van der Waals surface area contributed by atoms with Gasteiger partial charge in [-0.2, -0.15) is 0 Å². The SMILES string of the molecule is COc1c(C)c(O)c2c(c1C=O)O[C@H](c1cccc(O)c1)CC2=O. The lowest BCUT2D eigenvalue weighted by molar-refractivity contribution is 0.0841. The molecule has 1 atom stereocenters. The van der Waals surface area contributed by atoms with E-state index in [9.17, 15) is 19.8 Å². The molecule has 0 aliphatic carbocycles. The molecule has 3 rings (SSSR count). The Morgan fingerprint density at radius 3 is 2.71 bits per heavy atom. The van der Waals surface area contributed by atoms with Gasteiger partial charge in [0.25, 0.3) is 0 Å². The third-order valence-corrected chi connectivity index (χ3v) is 4.12. The number of aldehydes is 1. The number of hydrogen-bond acceptors (Lipinski definition) is 6. The Bertz CT molecular complexity index is 840. The van der Waals surface area contributed by atoms with E-state index in [4.69, 9.17) is 9.47 Å². The first-order chi connectivity index (χ1) is 11.5. The fourth-order valence-electron chi connectivity index (χ4n) is 2.96. The van der Waals surface area contributed by atoms with Crippen LogP contribution in [0.15, 0.2) is 24.3 Å². The molecule has 2 aromatic rings. The van der Waals surface area contributed by atoms with Crippen LogP contribution in [0.2, 0.25) is 0 Å². The Morgan fingerprint density at radius 2 is 2.08 bits per heavy atom. The maximum absolute atomic E-state index is 12.5. The van der Waals surface area contributed by atoms with Crippen LogP contribution in [0.25, 0.3) is 0 Å². The molecule has 0 saturated heterocycles. The smallest absolute Gasteiger partial charge is 0.174 e. The van der Waals surface area contributed by atoms with Gasteiger partial charge in [-0.05, 0) is 24.6 Å². The van der Waals surface area contributed by atoms with Crippen molar-refractivity contribution in [2.24, 2.45) is 0 Å². The highest BCUT2D eigenvalue weighted by Gasteiger charge is 2.35. The van der Waals surface area contributed by atoms with E-state index < -0.39 is 6.10 Å². The largest absolute Gasteiger partial charge is 0.508 e. The van der Waals surface area contributed by atoms with Crippen molar-refractivity contribution in [3.63, 3.8) is 0 Å². The summed E-state index contributed by atoms with van der Waals surface area (Å²) in [5.41, 5.74) is 0.990. The van der Waals surface area contributed by atoms with E-state index in [2.05, 4.69) is 0 Å². The number of phenolic OH excluding ortho intramolecular Hbond substituents is 2. The summed E-state index contributed by atoms with van der Waals surface area (Å²) in [6.45, 7) is 1.57. The summed E-state index contributed by atoms with van der Waals surface area (Å²) in [5.74, 6) is -0.350. The Balaban J connectivity index is 2.18. The molecule has 0 unspecified atom stereocenters. The quantitative estimate of drug-likeness (QED) is 0.842. The number of Topliss-reactive ketones (excluding diaryl/α,β-unsaturated/α-hetero) is 1. The molecule has 2 N–H and O–H groups in total. The Labute approximate surface area is 138 Å². The standard InChI is InChI=1S/C18H16O6/c1-9-16(22)15-13(21)7-14(10-4-3-5-11(20)6-10)24-18(15)12(8-19)17(9)23-2/h3-6,8,14,20,22H,7H2,1-2H3/t14-/m0/s1. The van der Waals surface area contributed by atoms with E-state index in [1.165, 1.54) is 19.2 Å². The van der Waals surface area contributed by atoms with Gasteiger partial charge in [0, 0.05) is 5.56 Å². The molecule has 124 valence electrons. The van der Waals surface area contributed by atoms with Gasteiger partial charge < -0.3 is 19.7 Å². The van der Waals surface area contributed by atoms with Crippen LogP contribution in [0, 0.1) is 6.92 Å². The van der Waals surface area contributed by atoms with Crippen molar-refractivity contribution in [2.75, 3.05) is 7.11 Å². The first kappa shape index (κ1) is 15.9. The number of carbonyl (C=O) groups excluding carboxylic acids is 2. The van der Waals surface area contributed by atoms with Crippen molar-refractivity contribution >= 4 is 12.1 Å². The van der Waals surface area contributed by atoms with Crippen molar-refractivity contribution in [1.29, 1.82) is 0 Å². The van der Waals surface area contributed by atoms with E-state index in [0.717, 1.165) is 0 Å². The summed E-state index contributed by atoms with van der Waals surface area (Å²) >= 11 is 0. The topological polar surface area (TPSA) is 93.1 Å². The second kappa shape index (κ2) is 5.88. The fourth-order valence-corrected chi connectivity index (χ4v) is 2.96. The molecule has 2 aromatic carbocycles. The molecule has 1 heterocycles. The monoisotopic (exact) mass is 328 g/mol. The zero-order chi connectivity index (χ0) is 17.4. The van der Waals surface area contributed by atoms with Crippen LogP contribution in [0.1, 0.15) is 44.4 Å². The Kier molecular flexibility index (Phi) is 3.89. The lowest BCUT2D eigenvalue weighted by Crippen LogP contribution is -2.22. The average Bonchev–Trinajstić information content (AvgIpc) is 2.57. The van der Waals surface area contributed by atoms with Crippen LogP contribution >= 0.6 is 0 Å². The number of benzene rings is 2. The number of hydrogen-bond donors (Lipinski definition) is 2. The van der Waals surface area contributed by atoms with E-state index in [1.54, 1.807) is 19.1 Å². The number of ketones is 1. The minimum Gasteiger partial charge on any atom is -0.508 e. The second-order valence-corrected chi connectivity index (χ2v) is 5.57. The molecule has 0 radical (unpaired) electrons. The lowest BCUT2D eigenvalue weighted by Gasteiger charge is -2.28. The summed E-state index contributed by atoms with van der Waals surface area (Å²) < 4.78 is 11.0. The van der Waals surface area contributed by atoms with Gasteiger partial charge >= 0.3 is 0 Å². The zero-order valence-electron chi connectivity index (χ0n) is 13.2. The molecule has 0 amide bonds. The molecular weight excluding hydrogens is 312 g/mol. The van der Waals surface area contributed by atoms with Gasteiger partial charge in [-0.15, -0.1) is 0 Å². The van der Waals surface area contributed by atoms with Crippen LogP contribution < -0.4 is 9.47 Å². The van der Waals surface area contributed by atoms with Gasteiger partial charge in [-0.3, -0.25) is 9.59 Å². The van der Waals surface area contributed by atoms with Crippen LogP contribution in [-0.2, 0) is 0 Å². The third-order valence-electron chi connectivity index (χ3n) is 4.12. The number of phenols is 2. The summed E-state index contributed by atoms with van der Waals surface area (Å²) in [7, 11) is 1.37. The van der Waals surface area contributed by atoms with Gasteiger partial charge in [-0.25, -0.2) is 0 Å². The Morgan fingerprint density at radius 1 is 1.33 bits per heavy atom. The summed E-state index contributed by atoms with van der Waals surface area (Å²) in [5, 5.41) is 19.9. The number of aromatic hydroxyl groups is 2. The van der Waals surface area contributed by atoms with E-state index in [0.29, 0.717) is 17.4 Å². The first-order valence-electron chi connectivity index (χ1n) is 7.35. The fraction of sp³-hybridized carbons (Fsp3) is 0.222. The summed E-state index contributed by atoms with van der Waals surface area (Å²) in [6, 6.07) is 6.36.